The molecule has 3 N–H and O–H groups in total. The first kappa shape index (κ1) is 17.8. The Morgan fingerprint density at radius 2 is 1.92 bits per heavy atom. The molecule has 0 aliphatic heterocycles. The van der Waals surface area contributed by atoms with Crippen molar-refractivity contribution in [1.29, 1.82) is 0 Å². The Morgan fingerprint density at radius 1 is 1.24 bits per heavy atom. The first-order valence-corrected chi connectivity index (χ1v) is 9.18. The van der Waals surface area contributed by atoms with E-state index in [-0.39, 0.29) is 5.91 Å². The number of rotatable bonds is 5. The minimum Gasteiger partial charge on any atom is -0.478 e. The van der Waals surface area contributed by atoms with Crippen molar-refractivity contribution in [2.45, 2.75) is 38.7 Å². The molecular weight excluding hydrogens is 360 g/mol. The lowest BCUT2D eigenvalue weighted by Gasteiger charge is -2.25. The summed E-state index contributed by atoms with van der Waals surface area (Å²) in [5.74, 6) is -0.315. The first-order chi connectivity index (χ1) is 11.8. The second-order valence-electron chi connectivity index (χ2n) is 6.45. The average Bonchev–Trinajstić information content (AvgIpc) is 3.09. The standard InChI is InChI=1S/C18H19ClN2O3S/c1-18(2,24-11-8-6-10(19)7-9-11)17(23)21-16-14(15(20)22)12-4-3-5-13(12)25-16/h6-9H,3-5H2,1-2H3,(H2,20,22)(H,21,23). The molecule has 132 valence electrons. The van der Waals surface area contributed by atoms with Gasteiger partial charge in [0.05, 0.1) is 5.56 Å². The number of hydrogen-bond donors (Lipinski definition) is 2. The van der Waals surface area contributed by atoms with Crippen molar-refractivity contribution in [3.8, 4) is 5.75 Å². The predicted octanol–water partition coefficient (Wildman–Crippen LogP) is 3.79. The van der Waals surface area contributed by atoms with Crippen molar-refractivity contribution in [2.24, 2.45) is 5.73 Å². The van der Waals surface area contributed by atoms with Crippen molar-refractivity contribution in [1.82, 2.24) is 0 Å². The minimum atomic E-state index is -1.13. The van der Waals surface area contributed by atoms with Crippen molar-refractivity contribution in [3.05, 3.63) is 45.3 Å². The van der Waals surface area contributed by atoms with E-state index in [1.54, 1.807) is 38.1 Å². The van der Waals surface area contributed by atoms with E-state index in [9.17, 15) is 9.59 Å². The van der Waals surface area contributed by atoms with Gasteiger partial charge in [0.2, 0.25) is 0 Å². The van der Waals surface area contributed by atoms with Gasteiger partial charge in [-0.05, 0) is 62.9 Å². The highest BCUT2D eigenvalue weighted by atomic mass is 35.5. The highest BCUT2D eigenvalue weighted by Crippen LogP contribution is 2.39. The van der Waals surface area contributed by atoms with E-state index < -0.39 is 11.5 Å². The van der Waals surface area contributed by atoms with Crippen molar-refractivity contribution in [3.63, 3.8) is 0 Å². The number of benzene rings is 1. The normalized spacial score (nSPS) is 13.4. The third kappa shape index (κ3) is 3.65. The highest BCUT2D eigenvalue weighted by Gasteiger charge is 2.33. The van der Waals surface area contributed by atoms with Crippen LogP contribution in [0.15, 0.2) is 24.3 Å². The van der Waals surface area contributed by atoms with E-state index in [4.69, 9.17) is 22.1 Å². The van der Waals surface area contributed by atoms with Gasteiger partial charge < -0.3 is 15.8 Å². The van der Waals surface area contributed by atoms with Crippen LogP contribution in [0.5, 0.6) is 5.75 Å². The van der Waals surface area contributed by atoms with E-state index in [1.165, 1.54) is 11.3 Å². The van der Waals surface area contributed by atoms with Crippen LogP contribution in [-0.2, 0) is 17.6 Å². The van der Waals surface area contributed by atoms with E-state index in [1.807, 2.05) is 0 Å². The fourth-order valence-electron chi connectivity index (χ4n) is 2.85. The average molecular weight is 379 g/mol. The number of ether oxygens (including phenoxy) is 1. The minimum absolute atomic E-state index is 0.343. The number of hydrogen-bond acceptors (Lipinski definition) is 4. The molecule has 0 atom stereocenters. The molecule has 2 aromatic rings. The topological polar surface area (TPSA) is 81.4 Å². The first-order valence-electron chi connectivity index (χ1n) is 7.98. The summed E-state index contributed by atoms with van der Waals surface area (Å²) >= 11 is 7.28. The summed E-state index contributed by atoms with van der Waals surface area (Å²) < 4.78 is 5.79. The maximum atomic E-state index is 12.7. The van der Waals surface area contributed by atoms with Gasteiger partial charge in [-0.1, -0.05) is 11.6 Å². The fraction of sp³-hybridized carbons (Fsp3) is 0.333. The van der Waals surface area contributed by atoms with Crippen LogP contribution in [0.3, 0.4) is 0 Å². The lowest BCUT2D eigenvalue weighted by Crippen LogP contribution is -2.42. The summed E-state index contributed by atoms with van der Waals surface area (Å²) in [6.07, 6.45) is 2.76. The molecule has 1 heterocycles. The molecule has 2 amide bonds. The number of carbonyl (C=O) groups excluding carboxylic acids is 2. The van der Waals surface area contributed by atoms with Gasteiger partial charge in [-0.3, -0.25) is 9.59 Å². The van der Waals surface area contributed by atoms with E-state index >= 15 is 0 Å². The zero-order valence-electron chi connectivity index (χ0n) is 14.0. The molecule has 1 aliphatic rings. The number of carbonyl (C=O) groups is 2. The monoisotopic (exact) mass is 378 g/mol. The van der Waals surface area contributed by atoms with Gasteiger partial charge in [-0.2, -0.15) is 0 Å². The summed E-state index contributed by atoms with van der Waals surface area (Å²) in [6.45, 7) is 3.34. The summed E-state index contributed by atoms with van der Waals surface area (Å²) in [5, 5.41) is 3.92. The van der Waals surface area contributed by atoms with Gasteiger partial charge in [0.25, 0.3) is 11.8 Å². The molecule has 1 aromatic heterocycles. The van der Waals surface area contributed by atoms with Crippen LogP contribution in [0.25, 0.3) is 0 Å². The van der Waals surface area contributed by atoms with Gasteiger partial charge in [0, 0.05) is 9.90 Å². The molecule has 1 aromatic carbocycles. The molecule has 0 radical (unpaired) electrons. The second kappa shape index (κ2) is 6.69. The van der Waals surface area contributed by atoms with Crippen LogP contribution >= 0.6 is 22.9 Å². The van der Waals surface area contributed by atoms with E-state index in [0.29, 0.717) is 21.3 Å². The van der Waals surface area contributed by atoms with E-state index in [0.717, 1.165) is 29.7 Å². The molecule has 0 saturated heterocycles. The lowest BCUT2D eigenvalue weighted by atomic mass is 10.1. The maximum absolute atomic E-state index is 12.7. The zero-order chi connectivity index (χ0) is 18.2. The zero-order valence-corrected chi connectivity index (χ0v) is 15.6. The second-order valence-corrected chi connectivity index (χ2v) is 7.99. The molecule has 5 nitrogen and oxygen atoms in total. The summed E-state index contributed by atoms with van der Waals surface area (Å²) in [7, 11) is 0. The number of nitrogens with two attached hydrogens (primary N) is 1. The molecule has 0 bridgehead atoms. The van der Waals surface area contributed by atoms with E-state index in [2.05, 4.69) is 5.32 Å². The number of amides is 2. The predicted molar refractivity (Wildman–Crippen MR) is 99.7 cm³/mol. The smallest absolute Gasteiger partial charge is 0.268 e. The molecule has 0 saturated carbocycles. The van der Waals surface area contributed by atoms with Gasteiger partial charge in [0.15, 0.2) is 5.60 Å². The number of fused-ring (bicyclic) bond motifs is 1. The lowest BCUT2D eigenvalue weighted by molar-refractivity contribution is -0.128. The Labute approximate surface area is 155 Å². The molecule has 1 aliphatic carbocycles. The van der Waals surface area contributed by atoms with Gasteiger partial charge in [-0.25, -0.2) is 0 Å². The Bertz CT molecular complexity index is 828. The van der Waals surface area contributed by atoms with Gasteiger partial charge in [-0.15, -0.1) is 11.3 Å². The highest BCUT2D eigenvalue weighted by molar-refractivity contribution is 7.17. The Hall–Kier alpha value is -2.05. The van der Waals surface area contributed by atoms with Gasteiger partial charge in [0.1, 0.15) is 10.8 Å². The number of aryl methyl sites for hydroxylation is 1. The molecule has 3 rings (SSSR count). The number of primary amides is 1. The summed E-state index contributed by atoms with van der Waals surface area (Å²) in [5.41, 5.74) is 5.81. The van der Waals surface area contributed by atoms with Crippen LogP contribution in [0, 0.1) is 0 Å². The van der Waals surface area contributed by atoms with Crippen LogP contribution in [0.1, 0.15) is 41.1 Å². The largest absolute Gasteiger partial charge is 0.478 e. The molecule has 25 heavy (non-hydrogen) atoms. The Kier molecular flexibility index (Phi) is 4.75. The SMILES string of the molecule is CC(C)(Oc1ccc(Cl)cc1)C(=O)Nc1sc2c(c1C(N)=O)CCC2. The summed E-state index contributed by atoms with van der Waals surface area (Å²) in [6, 6.07) is 6.79. The number of thiophene rings is 1. The molecular formula is C18H19ClN2O3S. The molecule has 0 fully saturated rings. The van der Waals surface area contributed by atoms with Crippen molar-refractivity contribution in [2.75, 3.05) is 5.32 Å². The van der Waals surface area contributed by atoms with Crippen LogP contribution < -0.4 is 15.8 Å². The van der Waals surface area contributed by atoms with Crippen LogP contribution in [0.4, 0.5) is 5.00 Å². The van der Waals surface area contributed by atoms with Crippen LogP contribution in [-0.4, -0.2) is 17.4 Å². The van der Waals surface area contributed by atoms with Gasteiger partial charge >= 0.3 is 0 Å². The summed E-state index contributed by atoms with van der Waals surface area (Å²) in [4.78, 5) is 25.7. The number of anilines is 1. The fourth-order valence-corrected chi connectivity index (χ4v) is 4.27. The number of nitrogens with one attached hydrogen (secondary N) is 1. The molecule has 0 unspecified atom stereocenters. The number of halogens is 1. The third-order valence-corrected chi connectivity index (χ3v) is 5.59. The maximum Gasteiger partial charge on any atom is 0.268 e. The quantitative estimate of drug-likeness (QED) is 0.830. The Balaban J connectivity index is 1.79. The van der Waals surface area contributed by atoms with Crippen molar-refractivity contribution >= 4 is 39.8 Å². The third-order valence-electron chi connectivity index (χ3n) is 4.13. The molecule has 7 heteroatoms. The molecule has 0 spiro atoms. The van der Waals surface area contributed by atoms with Crippen molar-refractivity contribution < 1.29 is 14.3 Å². The Morgan fingerprint density at radius 3 is 2.56 bits per heavy atom. The van der Waals surface area contributed by atoms with Crippen LogP contribution in [0.2, 0.25) is 5.02 Å².